The van der Waals surface area contributed by atoms with Crippen molar-refractivity contribution in [3.63, 3.8) is 0 Å². The molecule has 0 amide bonds. The highest BCUT2D eigenvalue weighted by molar-refractivity contribution is 6.30. The van der Waals surface area contributed by atoms with E-state index in [-0.39, 0.29) is 6.10 Å². The number of halogens is 1. The van der Waals surface area contributed by atoms with E-state index < -0.39 is 0 Å². The van der Waals surface area contributed by atoms with E-state index in [1.165, 1.54) is 5.56 Å². The number of aliphatic hydroxyl groups excluding tert-OH is 1. The maximum Gasteiger partial charge on any atom is 0.127 e. The van der Waals surface area contributed by atoms with Crippen molar-refractivity contribution < 1.29 is 9.84 Å². The molecule has 1 atom stereocenters. The van der Waals surface area contributed by atoms with Crippen molar-refractivity contribution in [3.8, 4) is 5.75 Å². The van der Waals surface area contributed by atoms with Crippen LogP contribution in [0.1, 0.15) is 31.4 Å². The average Bonchev–Trinajstić information content (AvgIpc) is 2.75. The second-order valence-electron chi connectivity index (χ2n) is 5.57. The van der Waals surface area contributed by atoms with Crippen molar-refractivity contribution in [2.45, 2.75) is 39.3 Å². The van der Waals surface area contributed by atoms with Gasteiger partial charge in [-0.25, -0.2) is 0 Å². The Labute approximate surface area is 119 Å². The summed E-state index contributed by atoms with van der Waals surface area (Å²) in [4.78, 5) is 0. The van der Waals surface area contributed by atoms with E-state index in [0.717, 1.165) is 35.8 Å². The highest BCUT2D eigenvalue weighted by Crippen LogP contribution is 2.32. The molecular formula is C15H22ClNO2. The first-order valence-corrected chi connectivity index (χ1v) is 7.27. The van der Waals surface area contributed by atoms with Crippen LogP contribution in [0.25, 0.3) is 0 Å². The first-order chi connectivity index (χ1) is 9.06. The van der Waals surface area contributed by atoms with Crippen LogP contribution in [0.5, 0.6) is 5.75 Å². The van der Waals surface area contributed by atoms with E-state index in [9.17, 15) is 5.11 Å². The Balaban J connectivity index is 1.90. The number of aliphatic hydroxyl groups is 1. The first kappa shape index (κ1) is 14.6. The summed E-state index contributed by atoms with van der Waals surface area (Å²) in [5.41, 5.74) is 2.27. The smallest absolute Gasteiger partial charge is 0.127 e. The van der Waals surface area contributed by atoms with Crippen molar-refractivity contribution in [1.82, 2.24) is 5.32 Å². The monoisotopic (exact) mass is 283 g/mol. The lowest BCUT2D eigenvalue weighted by atomic mass is 10.1. The molecule has 2 rings (SSSR count). The van der Waals surface area contributed by atoms with Gasteiger partial charge in [-0.1, -0.05) is 25.4 Å². The fourth-order valence-corrected chi connectivity index (χ4v) is 2.74. The molecule has 0 aliphatic carbocycles. The number of hydrogen-bond acceptors (Lipinski definition) is 3. The van der Waals surface area contributed by atoms with Crippen molar-refractivity contribution in [1.29, 1.82) is 0 Å². The number of hydrogen-bond donors (Lipinski definition) is 2. The summed E-state index contributed by atoms with van der Waals surface area (Å²) >= 11 is 6.11. The van der Waals surface area contributed by atoms with E-state index in [2.05, 4.69) is 19.2 Å². The van der Waals surface area contributed by atoms with Gasteiger partial charge in [-0.05, 0) is 30.0 Å². The molecule has 0 saturated heterocycles. The van der Waals surface area contributed by atoms with Crippen LogP contribution in [0.4, 0.5) is 0 Å². The van der Waals surface area contributed by atoms with Crippen molar-refractivity contribution in [2.75, 3.05) is 13.2 Å². The minimum Gasteiger partial charge on any atom is -0.493 e. The summed E-state index contributed by atoms with van der Waals surface area (Å²) < 4.78 is 5.65. The Morgan fingerprint density at radius 2 is 2.21 bits per heavy atom. The molecule has 4 heteroatoms. The van der Waals surface area contributed by atoms with Crippen LogP contribution in [0.2, 0.25) is 5.02 Å². The molecule has 1 heterocycles. The van der Waals surface area contributed by atoms with Crippen LogP contribution in [0.15, 0.2) is 12.1 Å². The van der Waals surface area contributed by atoms with Crippen molar-refractivity contribution in [3.05, 3.63) is 28.3 Å². The van der Waals surface area contributed by atoms with E-state index >= 15 is 0 Å². The Bertz CT molecular complexity index is 434. The zero-order valence-corrected chi connectivity index (χ0v) is 12.3. The second-order valence-corrected chi connectivity index (χ2v) is 6.00. The Morgan fingerprint density at radius 1 is 1.42 bits per heavy atom. The molecule has 1 unspecified atom stereocenters. The number of benzene rings is 1. The summed E-state index contributed by atoms with van der Waals surface area (Å²) in [6.07, 6.45) is 1.45. The fourth-order valence-electron chi connectivity index (χ4n) is 2.48. The van der Waals surface area contributed by atoms with Gasteiger partial charge in [0.05, 0.1) is 12.7 Å². The maximum absolute atomic E-state index is 9.83. The Hall–Kier alpha value is -0.770. The predicted octanol–water partition coefficient (Wildman–Crippen LogP) is 2.77. The van der Waals surface area contributed by atoms with Gasteiger partial charge in [0.2, 0.25) is 0 Å². The van der Waals surface area contributed by atoms with Crippen LogP contribution in [-0.4, -0.2) is 24.4 Å². The summed E-state index contributed by atoms with van der Waals surface area (Å²) in [7, 11) is 0. The third-order valence-corrected chi connectivity index (χ3v) is 3.48. The van der Waals surface area contributed by atoms with E-state index in [0.29, 0.717) is 19.0 Å². The predicted molar refractivity (Wildman–Crippen MR) is 77.8 cm³/mol. The lowest BCUT2D eigenvalue weighted by Gasteiger charge is -2.15. The van der Waals surface area contributed by atoms with Crippen LogP contribution >= 0.6 is 11.6 Å². The summed E-state index contributed by atoms with van der Waals surface area (Å²) in [5.74, 6) is 1.48. The molecule has 1 aromatic rings. The third-order valence-electron chi connectivity index (χ3n) is 3.26. The fraction of sp³-hybridized carbons (Fsp3) is 0.600. The zero-order chi connectivity index (χ0) is 13.8. The molecule has 0 bridgehead atoms. The molecule has 2 N–H and O–H groups in total. The highest BCUT2D eigenvalue weighted by Gasteiger charge is 2.17. The second kappa shape index (κ2) is 6.60. The quantitative estimate of drug-likeness (QED) is 0.843. The minimum atomic E-state index is -0.298. The highest BCUT2D eigenvalue weighted by atomic mass is 35.5. The summed E-state index contributed by atoms with van der Waals surface area (Å²) in [6, 6.07) is 3.91. The van der Waals surface area contributed by atoms with Gasteiger partial charge in [0.15, 0.2) is 0 Å². The molecule has 0 spiro atoms. The Morgan fingerprint density at radius 3 is 2.95 bits per heavy atom. The van der Waals surface area contributed by atoms with E-state index in [4.69, 9.17) is 16.3 Å². The van der Waals surface area contributed by atoms with Gasteiger partial charge < -0.3 is 15.2 Å². The van der Waals surface area contributed by atoms with Crippen LogP contribution < -0.4 is 10.1 Å². The molecule has 19 heavy (non-hydrogen) atoms. The molecule has 0 saturated carbocycles. The van der Waals surface area contributed by atoms with Gasteiger partial charge >= 0.3 is 0 Å². The molecule has 3 nitrogen and oxygen atoms in total. The SMILES string of the molecule is CC(C)CC(O)CNCc1cc(Cl)cc2c1OCC2. The normalized spacial score (nSPS) is 15.4. The summed E-state index contributed by atoms with van der Waals surface area (Å²) in [6.45, 7) is 6.23. The Kier molecular flexibility index (Phi) is 5.08. The number of ether oxygens (including phenoxy) is 1. The van der Waals surface area contributed by atoms with Gasteiger partial charge in [0.1, 0.15) is 5.75 Å². The molecule has 1 aliphatic heterocycles. The number of fused-ring (bicyclic) bond motifs is 1. The lowest BCUT2D eigenvalue weighted by Crippen LogP contribution is -2.27. The molecule has 0 fully saturated rings. The third kappa shape index (κ3) is 4.10. The van der Waals surface area contributed by atoms with E-state index in [1.807, 2.05) is 12.1 Å². The van der Waals surface area contributed by atoms with Crippen molar-refractivity contribution in [2.24, 2.45) is 5.92 Å². The van der Waals surface area contributed by atoms with Crippen molar-refractivity contribution >= 4 is 11.6 Å². The molecule has 0 radical (unpaired) electrons. The number of nitrogens with one attached hydrogen (secondary N) is 1. The minimum absolute atomic E-state index is 0.298. The first-order valence-electron chi connectivity index (χ1n) is 6.89. The van der Waals surface area contributed by atoms with Gasteiger partial charge in [-0.2, -0.15) is 0 Å². The van der Waals surface area contributed by atoms with Gasteiger partial charge in [0.25, 0.3) is 0 Å². The molecule has 1 aliphatic rings. The van der Waals surface area contributed by atoms with Crippen LogP contribution in [-0.2, 0) is 13.0 Å². The van der Waals surface area contributed by atoms with Crippen LogP contribution in [0, 0.1) is 5.92 Å². The molecule has 0 aromatic heterocycles. The van der Waals surface area contributed by atoms with E-state index in [1.54, 1.807) is 0 Å². The van der Waals surface area contributed by atoms with Gasteiger partial charge in [0, 0.05) is 30.1 Å². The molecule has 106 valence electrons. The lowest BCUT2D eigenvalue weighted by molar-refractivity contribution is 0.146. The molecule has 1 aromatic carbocycles. The maximum atomic E-state index is 9.83. The largest absolute Gasteiger partial charge is 0.493 e. The zero-order valence-electron chi connectivity index (χ0n) is 11.6. The topological polar surface area (TPSA) is 41.5 Å². The molecular weight excluding hydrogens is 262 g/mol. The average molecular weight is 284 g/mol. The standard InChI is InChI=1S/C15H22ClNO2/c1-10(2)5-14(18)9-17-8-12-7-13(16)6-11-3-4-19-15(11)12/h6-7,10,14,17-18H,3-5,8-9H2,1-2H3. The summed E-state index contributed by atoms with van der Waals surface area (Å²) in [5, 5.41) is 13.9. The number of rotatable bonds is 6. The van der Waals surface area contributed by atoms with Gasteiger partial charge in [-0.15, -0.1) is 0 Å². The van der Waals surface area contributed by atoms with Crippen LogP contribution in [0.3, 0.4) is 0 Å². The van der Waals surface area contributed by atoms with Gasteiger partial charge in [-0.3, -0.25) is 0 Å².